The minimum absolute atomic E-state index is 0.205. The van der Waals surface area contributed by atoms with E-state index in [0.717, 1.165) is 51.4 Å². The standard InChI is InChI=1S/C48H93NO13/c1-3-5-7-9-11-13-15-16-17-18-19-20-21-22-24-26-28-30-32-40(53)49-36(37(52)31-29-27-25-23-14-12-10-8-6-4-2)35-59-47-45(58)43(56)46(39(34-51)61-47)62-48-44(57)42(55)41(54)38(33-50)60-48/h36-39,41-48,50-52,54-58H,3-35H2,1-2H3,(H,49,53). The van der Waals surface area contributed by atoms with Crippen molar-refractivity contribution in [2.75, 3.05) is 19.8 Å². The van der Waals surface area contributed by atoms with Gasteiger partial charge in [0.05, 0.1) is 32.0 Å². The van der Waals surface area contributed by atoms with Crippen molar-refractivity contribution in [1.29, 1.82) is 0 Å². The normalized spacial score (nSPS) is 27.6. The molecule has 14 nitrogen and oxygen atoms in total. The summed E-state index contributed by atoms with van der Waals surface area (Å²) < 4.78 is 22.7. The fraction of sp³-hybridized carbons (Fsp3) is 0.979. The molecule has 1 amide bonds. The molecule has 0 spiro atoms. The zero-order valence-electron chi connectivity index (χ0n) is 38.9. The van der Waals surface area contributed by atoms with Crippen LogP contribution in [-0.2, 0) is 23.7 Å². The summed E-state index contributed by atoms with van der Waals surface area (Å²) >= 11 is 0. The molecular weight excluding hydrogens is 799 g/mol. The van der Waals surface area contributed by atoms with Gasteiger partial charge in [-0.2, -0.15) is 0 Å². The summed E-state index contributed by atoms with van der Waals surface area (Å²) in [5, 5.41) is 86.7. The van der Waals surface area contributed by atoms with E-state index in [1.165, 1.54) is 128 Å². The van der Waals surface area contributed by atoms with Crippen LogP contribution in [0.2, 0.25) is 0 Å². The molecule has 0 saturated carbocycles. The molecule has 62 heavy (non-hydrogen) atoms. The average Bonchev–Trinajstić information content (AvgIpc) is 3.27. The molecule has 368 valence electrons. The molecule has 0 aliphatic carbocycles. The lowest BCUT2D eigenvalue weighted by atomic mass is 9.97. The first kappa shape index (κ1) is 57.1. The van der Waals surface area contributed by atoms with Crippen molar-refractivity contribution in [2.24, 2.45) is 0 Å². The van der Waals surface area contributed by atoms with E-state index < -0.39 is 86.8 Å². The minimum atomic E-state index is -1.78. The van der Waals surface area contributed by atoms with Crippen molar-refractivity contribution in [3.63, 3.8) is 0 Å². The summed E-state index contributed by atoms with van der Waals surface area (Å²) in [6.07, 6.45) is 18.3. The van der Waals surface area contributed by atoms with E-state index in [1.807, 2.05) is 0 Å². The Labute approximate surface area is 374 Å². The fourth-order valence-electron chi connectivity index (χ4n) is 8.65. The lowest BCUT2D eigenvalue weighted by Gasteiger charge is -2.46. The molecule has 12 atom stereocenters. The smallest absolute Gasteiger partial charge is 0.220 e. The van der Waals surface area contributed by atoms with E-state index in [9.17, 15) is 45.6 Å². The Morgan fingerprint density at radius 3 is 1.37 bits per heavy atom. The number of aliphatic hydroxyl groups excluding tert-OH is 8. The van der Waals surface area contributed by atoms with Gasteiger partial charge in [0.2, 0.25) is 5.91 Å². The van der Waals surface area contributed by atoms with Crippen LogP contribution in [0, 0.1) is 0 Å². The van der Waals surface area contributed by atoms with Crippen LogP contribution in [-0.4, -0.2) is 140 Å². The SMILES string of the molecule is CCCCCCCCCCCCCCCCCCCCC(=O)NC(COC1OC(CO)C(OC2OC(CO)C(O)C(O)C2O)C(O)C1O)C(O)CCCCCCCCCCCC. The van der Waals surface area contributed by atoms with Crippen molar-refractivity contribution in [3.8, 4) is 0 Å². The highest BCUT2D eigenvalue weighted by molar-refractivity contribution is 5.76. The third kappa shape index (κ3) is 23.4. The molecule has 0 aromatic carbocycles. The maximum atomic E-state index is 13.2. The van der Waals surface area contributed by atoms with E-state index >= 15 is 0 Å². The lowest BCUT2D eigenvalue weighted by molar-refractivity contribution is -0.359. The van der Waals surface area contributed by atoms with Gasteiger partial charge in [-0.3, -0.25) is 4.79 Å². The molecule has 0 aromatic heterocycles. The quantitative estimate of drug-likeness (QED) is 0.0313. The number of amides is 1. The van der Waals surface area contributed by atoms with Gasteiger partial charge in [0, 0.05) is 6.42 Å². The van der Waals surface area contributed by atoms with Crippen LogP contribution in [0.15, 0.2) is 0 Å². The molecule has 0 bridgehead atoms. The summed E-state index contributed by atoms with van der Waals surface area (Å²) in [5.74, 6) is -0.205. The topological polar surface area (TPSA) is 228 Å². The van der Waals surface area contributed by atoms with Crippen LogP contribution in [0.1, 0.15) is 206 Å². The Hall–Kier alpha value is -1.01. The number of nitrogens with one attached hydrogen (secondary N) is 1. The van der Waals surface area contributed by atoms with Gasteiger partial charge in [-0.1, -0.05) is 187 Å². The van der Waals surface area contributed by atoms with Crippen molar-refractivity contribution < 1.29 is 64.6 Å². The van der Waals surface area contributed by atoms with Crippen LogP contribution in [0.3, 0.4) is 0 Å². The Balaban J connectivity index is 1.80. The monoisotopic (exact) mass is 892 g/mol. The van der Waals surface area contributed by atoms with Gasteiger partial charge in [0.25, 0.3) is 0 Å². The Bertz CT molecular complexity index is 1060. The number of hydrogen-bond acceptors (Lipinski definition) is 13. The number of aliphatic hydroxyl groups is 8. The first-order chi connectivity index (χ1) is 30.1. The zero-order chi connectivity index (χ0) is 45.4. The van der Waals surface area contributed by atoms with Gasteiger partial charge in [-0.15, -0.1) is 0 Å². The molecule has 2 aliphatic heterocycles. The van der Waals surface area contributed by atoms with E-state index in [0.29, 0.717) is 12.8 Å². The van der Waals surface area contributed by atoms with Crippen LogP contribution in [0.25, 0.3) is 0 Å². The highest BCUT2D eigenvalue weighted by Crippen LogP contribution is 2.30. The molecule has 0 radical (unpaired) electrons. The summed E-state index contributed by atoms with van der Waals surface area (Å²) in [6, 6.07) is -0.819. The second kappa shape index (κ2) is 36.2. The summed E-state index contributed by atoms with van der Waals surface area (Å²) in [6.45, 7) is 2.84. The van der Waals surface area contributed by atoms with Crippen molar-refractivity contribution in [3.05, 3.63) is 0 Å². The van der Waals surface area contributed by atoms with Gasteiger partial charge < -0.3 is 65.1 Å². The maximum Gasteiger partial charge on any atom is 0.220 e. The van der Waals surface area contributed by atoms with E-state index in [-0.39, 0.29) is 12.5 Å². The van der Waals surface area contributed by atoms with Crippen LogP contribution in [0.5, 0.6) is 0 Å². The van der Waals surface area contributed by atoms with Gasteiger partial charge in [-0.25, -0.2) is 0 Å². The lowest BCUT2D eigenvalue weighted by Crippen LogP contribution is -2.65. The number of carbonyl (C=O) groups excluding carboxylic acids is 1. The second-order valence-corrected chi connectivity index (χ2v) is 18.3. The summed E-state index contributed by atoms with van der Waals surface area (Å²) in [5.41, 5.74) is 0. The maximum absolute atomic E-state index is 13.2. The van der Waals surface area contributed by atoms with Crippen molar-refractivity contribution in [2.45, 2.75) is 280 Å². The third-order valence-electron chi connectivity index (χ3n) is 12.8. The molecule has 2 heterocycles. The molecule has 9 N–H and O–H groups in total. The minimum Gasteiger partial charge on any atom is -0.394 e. The zero-order valence-corrected chi connectivity index (χ0v) is 38.9. The van der Waals surface area contributed by atoms with Gasteiger partial charge >= 0.3 is 0 Å². The summed E-state index contributed by atoms with van der Waals surface area (Å²) in [4.78, 5) is 13.2. The van der Waals surface area contributed by atoms with E-state index in [4.69, 9.17) is 18.9 Å². The van der Waals surface area contributed by atoms with Crippen molar-refractivity contribution in [1.82, 2.24) is 5.32 Å². The first-order valence-electron chi connectivity index (χ1n) is 25.3. The average molecular weight is 892 g/mol. The first-order valence-corrected chi connectivity index (χ1v) is 25.3. The molecule has 14 heteroatoms. The molecule has 12 unspecified atom stereocenters. The molecule has 0 aromatic rings. The van der Waals surface area contributed by atoms with Gasteiger partial charge in [0.15, 0.2) is 12.6 Å². The highest BCUT2D eigenvalue weighted by atomic mass is 16.7. The number of rotatable bonds is 39. The highest BCUT2D eigenvalue weighted by Gasteiger charge is 2.51. The van der Waals surface area contributed by atoms with Crippen LogP contribution < -0.4 is 5.32 Å². The predicted molar refractivity (Wildman–Crippen MR) is 240 cm³/mol. The predicted octanol–water partition coefficient (Wildman–Crippen LogP) is 6.22. The van der Waals surface area contributed by atoms with E-state index in [2.05, 4.69) is 19.2 Å². The van der Waals surface area contributed by atoms with Crippen LogP contribution >= 0.6 is 0 Å². The van der Waals surface area contributed by atoms with E-state index in [1.54, 1.807) is 0 Å². The number of carbonyl (C=O) groups is 1. The Morgan fingerprint density at radius 1 is 0.516 bits per heavy atom. The molecular formula is C48H93NO13. The Morgan fingerprint density at radius 2 is 0.919 bits per heavy atom. The fourth-order valence-corrected chi connectivity index (χ4v) is 8.65. The number of unbranched alkanes of at least 4 members (excludes halogenated alkanes) is 26. The molecule has 2 saturated heterocycles. The second-order valence-electron chi connectivity index (χ2n) is 18.3. The molecule has 2 fully saturated rings. The Kier molecular flexibility index (Phi) is 33.3. The van der Waals surface area contributed by atoms with Gasteiger partial charge in [0.1, 0.15) is 48.8 Å². The van der Waals surface area contributed by atoms with Crippen molar-refractivity contribution >= 4 is 5.91 Å². The van der Waals surface area contributed by atoms with Gasteiger partial charge in [-0.05, 0) is 12.8 Å². The number of hydrogen-bond donors (Lipinski definition) is 9. The molecule has 2 aliphatic rings. The largest absolute Gasteiger partial charge is 0.394 e. The molecule has 2 rings (SSSR count). The van der Waals surface area contributed by atoms with Crippen LogP contribution in [0.4, 0.5) is 0 Å². The third-order valence-corrected chi connectivity index (χ3v) is 12.8. The summed E-state index contributed by atoms with van der Waals surface area (Å²) in [7, 11) is 0. The number of ether oxygens (including phenoxy) is 4.